The quantitative estimate of drug-likeness (QED) is 0.374. The molecule has 0 unspecified atom stereocenters. The molecule has 23 heavy (non-hydrogen) atoms. The van der Waals surface area contributed by atoms with Crippen LogP contribution in [0.4, 0.5) is 17.2 Å². The van der Waals surface area contributed by atoms with Crippen molar-refractivity contribution in [3.8, 4) is 11.5 Å². The highest BCUT2D eigenvalue weighted by atomic mass is 16.6. The number of aromatic nitrogens is 1. The summed E-state index contributed by atoms with van der Waals surface area (Å²) in [4.78, 5) is 17.9. The van der Waals surface area contributed by atoms with Crippen LogP contribution in [-0.2, 0) is 0 Å². The van der Waals surface area contributed by atoms with Gasteiger partial charge in [0, 0.05) is 12.1 Å². The summed E-state index contributed by atoms with van der Waals surface area (Å²) in [5.41, 5.74) is 6.26. The average molecular weight is 317 g/mol. The van der Waals surface area contributed by atoms with E-state index in [2.05, 4.69) is 15.3 Å². The third-order valence-corrected chi connectivity index (χ3v) is 2.85. The lowest BCUT2D eigenvalue weighted by Crippen LogP contribution is -2.22. The van der Waals surface area contributed by atoms with Crippen LogP contribution in [0.3, 0.4) is 0 Å². The fourth-order valence-corrected chi connectivity index (χ4v) is 1.75. The van der Waals surface area contributed by atoms with Gasteiger partial charge >= 0.3 is 0 Å². The van der Waals surface area contributed by atoms with Crippen LogP contribution in [0.5, 0.6) is 11.5 Å². The molecule has 0 aliphatic rings. The van der Waals surface area contributed by atoms with E-state index in [1.54, 1.807) is 25.3 Å². The predicted molar refractivity (Wildman–Crippen MR) is 85.3 cm³/mol. The summed E-state index contributed by atoms with van der Waals surface area (Å²) < 4.78 is 10.4. The number of nitrogens with zero attached hydrogens (tertiary/aromatic N) is 3. The van der Waals surface area contributed by atoms with Crippen molar-refractivity contribution in [2.24, 2.45) is 10.7 Å². The highest BCUT2D eigenvalue weighted by Gasteiger charge is 2.08. The van der Waals surface area contributed by atoms with Gasteiger partial charge in [0.2, 0.25) is 0 Å². The van der Waals surface area contributed by atoms with Gasteiger partial charge in [-0.1, -0.05) is 0 Å². The third-order valence-electron chi connectivity index (χ3n) is 2.85. The number of anilines is 1. The molecule has 0 aliphatic carbocycles. The Hall–Kier alpha value is -3.36. The molecule has 0 atom stereocenters. The van der Waals surface area contributed by atoms with E-state index >= 15 is 0 Å². The Bertz CT molecular complexity index is 730. The summed E-state index contributed by atoms with van der Waals surface area (Å²) in [5.74, 6) is 1.47. The van der Waals surface area contributed by atoms with Crippen LogP contribution in [0, 0.1) is 10.1 Å². The van der Waals surface area contributed by atoms with Gasteiger partial charge in [-0.2, -0.15) is 4.99 Å². The van der Waals surface area contributed by atoms with Gasteiger partial charge in [0.05, 0.1) is 24.8 Å². The molecule has 2 aromatic rings. The number of guanidine groups is 1. The van der Waals surface area contributed by atoms with E-state index < -0.39 is 4.92 Å². The maximum Gasteiger partial charge on any atom is 0.287 e. The predicted octanol–water partition coefficient (Wildman–Crippen LogP) is 2.07. The smallest absolute Gasteiger partial charge is 0.287 e. The molecule has 1 heterocycles. The number of benzene rings is 1. The van der Waals surface area contributed by atoms with E-state index in [4.69, 9.17) is 15.2 Å². The molecule has 1 aromatic heterocycles. The molecule has 9 nitrogen and oxygen atoms in total. The SMILES string of the molecule is COc1ccc(OC)c(NC(N)=Nc2ccc([N+](=O)[O-])cn2)c1. The lowest BCUT2D eigenvalue weighted by atomic mass is 10.2. The van der Waals surface area contributed by atoms with Crippen LogP contribution in [0.1, 0.15) is 0 Å². The molecule has 1 aromatic carbocycles. The minimum Gasteiger partial charge on any atom is -0.497 e. The van der Waals surface area contributed by atoms with E-state index in [0.29, 0.717) is 17.2 Å². The molecule has 2 rings (SSSR count). The van der Waals surface area contributed by atoms with E-state index in [-0.39, 0.29) is 17.5 Å². The summed E-state index contributed by atoms with van der Waals surface area (Å²) in [7, 11) is 3.07. The number of hydrogen-bond acceptors (Lipinski definition) is 6. The van der Waals surface area contributed by atoms with Crippen LogP contribution in [0.15, 0.2) is 41.5 Å². The molecule has 9 heteroatoms. The lowest BCUT2D eigenvalue weighted by molar-refractivity contribution is -0.385. The van der Waals surface area contributed by atoms with Gasteiger partial charge in [-0.25, -0.2) is 4.98 Å². The van der Waals surface area contributed by atoms with Crippen molar-refractivity contribution in [3.05, 3.63) is 46.6 Å². The second kappa shape index (κ2) is 7.07. The molecule has 0 amide bonds. The monoisotopic (exact) mass is 317 g/mol. The molecular weight excluding hydrogens is 302 g/mol. The number of nitrogens with one attached hydrogen (secondary N) is 1. The zero-order valence-electron chi connectivity index (χ0n) is 12.5. The minimum atomic E-state index is -0.538. The van der Waals surface area contributed by atoms with E-state index in [1.165, 1.54) is 19.2 Å². The van der Waals surface area contributed by atoms with Gasteiger partial charge in [0.25, 0.3) is 5.69 Å². The van der Waals surface area contributed by atoms with Crippen molar-refractivity contribution < 1.29 is 14.4 Å². The Labute approximate surface area is 131 Å². The molecule has 0 aliphatic heterocycles. The second-order valence-corrected chi connectivity index (χ2v) is 4.32. The number of hydrogen-bond donors (Lipinski definition) is 2. The normalized spacial score (nSPS) is 11.0. The Morgan fingerprint density at radius 1 is 1.30 bits per heavy atom. The van der Waals surface area contributed by atoms with Crippen molar-refractivity contribution in [1.29, 1.82) is 0 Å². The molecule has 0 saturated heterocycles. The summed E-state index contributed by atoms with van der Waals surface area (Å²) in [6.45, 7) is 0. The average Bonchev–Trinajstić information content (AvgIpc) is 2.55. The van der Waals surface area contributed by atoms with Gasteiger partial charge < -0.3 is 20.5 Å². The number of methoxy groups -OCH3 is 2. The first-order valence-electron chi connectivity index (χ1n) is 6.47. The van der Waals surface area contributed by atoms with Crippen molar-refractivity contribution in [2.75, 3.05) is 19.5 Å². The first-order chi connectivity index (χ1) is 11.0. The maximum atomic E-state index is 10.6. The fraction of sp³-hybridized carbons (Fsp3) is 0.143. The summed E-state index contributed by atoms with van der Waals surface area (Å²) in [6, 6.07) is 7.86. The topological polar surface area (TPSA) is 125 Å². The highest BCUT2D eigenvalue weighted by molar-refractivity contribution is 5.95. The summed E-state index contributed by atoms with van der Waals surface area (Å²) in [6.07, 6.45) is 1.11. The van der Waals surface area contributed by atoms with Gasteiger partial charge in [0.15, 0.2) is 11.8 Å². The molecular formula is C14H15N5O4. The van der Waals surface area contributed by atoms with Crippen molar-refractivity contribution in [1.82, 2.24) is 4.98 Å². The number of nitrogens with two attached hydrogens (primary N) is 1. The van der Waals surface area contributed by atoms with Gasteiger partial charge in [-0.3, -0.25) is 10.1 Å². The van der Waals surface area contributed by atoms with Gasteiger partial charge in [0.1, 0.15) is 17.7 Å². The van der Waals surface area contributed by atoms with Gasteiger partial charge in [-0.15, -0.1) is 0 Å². The minimum absolute atomic E-state index is 0.0536. The number of ether oxygens (including phenoxy) is 2. The van der Waals surface area contributed by atoms with Crippen LogP contribution in [0.25, 0.3) is 0 Å². The first kappa shape index (κ1) is 16.0. The molecule has 0 radical (unpaired) electrons. The number of nitro groups is 1. The largest absolute Gasteiger partial charge is 0.497 e. The third kappa shape index (κ3) is 4.06. The van der Waals surface area contributed by atoms with Crippen LogP contribution in [-0.4, -0.2) is 30.1 Å². The lowest BCUT2D eigenvalue weighted by Gasteiger charge is -2.11. The Morgan fingerprint density at radius 2 is 2.09 bits per heavy atom. The van der Waals surface area contributed by atoms with Crippen LogP contribution < -0.4 is 20.5 Å². The van der Waals surface area contributed by atoms with Gasteiger partial charge in [-0.05, 0) is 18.2 Å². The van der Waals surface area contributed by atoms with Crippen molar-refractivity contribution >= 4 is 23.2 Å². The standard InChI is InChI=1S/C14H15N5O4/c1-22-10-4-5-12(23-2)11(7-10)17-14(15)18-13-6-3-9(8-16-13)19(20)21/h3-8H,1-2H3,(H3,15,16,17,18). The maximum absolute atomic E-state index is 10.6. The molecule has 0 bridgehead atoms. The van der Waals surface area contributed by atoms with E-state index in [0.717, 1.165) is 6.20 Å². The Kier molecular flexibility index (Phi) is 4.92. The Morgan fingerprint density at radius 3 is 2.65 bits per heavy atom. The van der Waals surface area contributed by atoms with Crippen LogP contribution >= 0.6 is 0 Å². The Balaban J connectivity index is 2.20. The van der Waals surface area contributed by atoms with Crippen molar-refractivity contribution in [2.45, 2.75) is 0 Å². The molecule has 0 spiro atoms. The highest BCUT2D eigenvalue weighted by Crippen LogP contribution is 2.28. The van der Waals surface area contributed by atoms with E-state index in [9.17, 15) is 10.1 Å². The molecule has 120 valence electrons. The molecule has 3 N–H and O–H groups in total. The van der Waals surface area contributed by atoms with Crippen LogP contribution in [0.2, 0.25) is 0 Å². The number of aliphatic imine (C=N–C) groups is 1. The first-order valence-corrected chi connectivity index (χ1v) is 6.47. The molecule has 0 saturated carbocycles. The molecule has 0 fully saturated rings. The van der Waals surface area contributed by atoms with E-state index in [1.807, 2.05) is 0 Å². The zero-order chi connectivity index (χ0) is 16.8. The second-order valence-electron chi connectivity index (χ2n) is 4.32. The zero-order valence-corrected chi connectivity index (χ0v) is 12.5. The van der Waals surface area contributed by atoms with Crippen molar-refractivity contribution in [3.63, 3.8) is 0 Å². The summed E-state index contributed by atoms with van der Waals surface area (Å²) >= 11 is 0. The number of pyridine rings is 1. The summed E-state index contributed by atoms with van der Waals surface area (Å²) in [5, 5.41) is 13.4. The number of rotatable bonds is 5. The fourth-order valence-electron chi connectivity index (χ4n) is 1.75.